The maximum atomic E-state index is 13.5. The summed E-state index contributed by atoms with van der Waals surface area (Å²) in [6, 6.07) is 21.4. The van der Waals surface area contributed by atoms with E-state index in [1.807, 2.05) is 54.6 Å². The quantitative estimate of drug-likeness (QED) is 0.478. The highest BCUT2D eigenvalue weighted by molar-refractivity contribution is 6.09. The zero-order chi connectivity index (χ0) is 23.9. The second-order valence-electron chi connectivity index (χ2n) is 8.00. The van der Waals surface area contributed by atoms with Gasteiger partial charge in [-0.1, -0.05) is 54.6 Å². The molecule has 174 valence electrons. The predicted molar refractivity (Wildman–Crippen MR) is 126 cm³/mol. The third-order valence-corrected chi connectivity index (χ3v) is 5.75. The number of hydrogen-bond donors (Lipinski definition) is 1. The lowest BCUT2D eigenvalue weighted by Gasteiger charge is -2.31. The van der Waals surface area contributed by atoms with Crippen molar-refractivity contribution in [3.63, 3.8) is 0 Å². The number of nitrogens with zero attached hydrogens (tertiary/aromatic N) is 1. The normalized spacial score (nSPS) is 17.5. The van der Waals surface area contributed by atoms with E-state index in [9.17, 15) is 14.0 Å². The smallest absolute Gasteiger partial charge is 0.341 e. The van der Waals surface area contributed by atoms with Crippen LogP contribution in [-0.2, 0) is 22.6 Å². The average Bonchev–Trinajstić information content (AvgIpc) is 2.87. The first kappa shape index (κ1) is 23.2. The predicted octanol–water partition coefficient (Wildman–Crippen LogP) is 5.03. The van der Waals surface area contributed by atoms with E-state index >= 15 is 0 Å². The number of hydrogen-bond acceptors (Lipinski definition) is 4. The molecule has 1 aliphatic rings. The molecular weight excluding hydrogens is 435 g/mol. The van der Waals surface area contributed by atoms with Crippen molar-refractivity contribution in [2.24, 2.45) is 10.9 Å². The van der Waals surface area contributed by atoms with Crippen molar-refractivity contribution in [2.75, 3.05) is 7.11 Å². The molecule has 7 heteroatoms. The number of amides is 2. The Morgan fingerprint density at radius 1 is 0.941 bits per heavy atom. The minimum absolute atomic E-state index is 0.103. The van der Waals surface area contributed by atoms with E-state index in [0.717, 1.165) is 16.9 Å². The Bertz CT molecular complexity index is 1160. The summed E-state index contributed by atoms with van der Waals surface area (Å²) in [6.45, 7) is 0.103. The van der Waals surface area contributed by atoms with Crippen molar-refractivity contribution < 1.29 is 23.5 Å². The van der Waals surface area contributed by atoms with Gasteiger partial charge in [-0.25, -0.2) is 14.2 Å². The molecule has 1 heterocycles. The minimum atomic E-state index is -0.829. The van der Waals surface area contributed by atoms with Crippen LogP contribution in [0.3, 0.4) is 0 Å². The molecule has 0 saturated heterocycles. The van der Waals surface area contributed by atoms with E-state index in [-0.39, 0.29) is 6.61 Å². The van der Waals surface area contributed by atoms with Crippen molar-refractivity contribution in [3.8, 4) is 5.75 Å². The second kappa shape index (κ2) is 10.7. The largest absolute Gasteiger partial charge is 0.497 e. The molecule has 3 aromatic carbocycles. The zero-order valence-electron chi connectivity index (χ0n) is 18.7. The monoisotopic (exact) mass is 460 g/mol. The van der Waals surface area contributed by atoms with Crippen molar-refractivity contribution >= 4 is 17.7 Å². The Morgan fingerprint density at radius 3 is 2.32 bits per heavy atom. The van der Waals surface area contributed by atoms with Crippen LogP contribution in [0.5, 0.6) is 5.75 Å². The van der Waals surface area contributed by atoms with Gasteiger partial charge in [0, 0.05) is 5.71 Å². The highest BCUT2D eigenvalue weighted by atomic mass is 19.1. The van der Waals surface area contributed by atoms with Crippen LogP contribution in [0.2, 0.25) is 0 Å². The van der Waals surface area contributed by atoms with Crippen LogP contribution in [-0.4, -0.2) is 24.8 Å². The number of halogens is 1. The molecule has 1 aliphatic heterocycles. The van der Waals surface area contributed by atoms with Crippen LogP contribution < -0.4 is 10.1 Å². The van der Waals surface area contributed by atoms with Crippen LogP contribution in [0, 0.1) is 11.7 Å². The number of benzene rings is 3. The summed E-state index contributed by atoms with van der Waals surface area (Å²) in [5.41, 5.74) is 2.91. The third kappa shape index (κ3) is 5.67. The van der Waals surface area contributed by atoms with Crippen molar-refractivity contribution in [2.45, 2.75) is 25.5 Å². The summed E-state index contributed by atoms with van der Waals surface area (Å²) in [4.78, 5) is 29.9. The number of rotatable bonds is 8. The fraction of sp³-hybridized carbons (Fsp3) is 0.222. The van der Waals surface area contributed by atoms with Gasteiger partial charge >= 0.3 is 12.0 Å². The van der Waals surface area contributed by atoms with Gasteiger partial charge in [0.25, 0.3) is 0 Å². The third-order valence-electron chi connectivity index (χ3n) is 5.75. The first-order chi connectivity index (χ1) is 16.5. The summed E-state index contributed by atoms with van der Waals surface area (Å²) in [7, 11) is 1.60. The molecule has 0 fully saturated rings. The lowest BCUT2D eigenvalue weighted by Crippen LogP contribution is -2.45. The van der Waals surface area contributed by atoms with Gasteiger partial charge in [0.15, 0.2) is 0 Å². The summed E-state index contributed by atoms with van der Waals surface area (Å²) < 4.78 is 24.3. The molecule has 0 aliphatic carbocycles. The van der Waals surface area contributed by atoms with Gasteiger partial charge in [0.05, 0.1) is 13.2 Å². The maximum absolute atomic E-state index is 13.5. The Hall–Kier alpha value is -4.00. The number of carbonyl (C=O) groups excluding carboxylic acids is 2. The number of carbonyl (C=O) groups is 2. The molecular formula is C27H25FN2O4. The molecule has 0 spiro atoms. The van der Waals surface area contributed by atoms with E-state index in [0.29, 0.717) is 24.1 Å². The average molecular weight is 461 g/mol. The Kier molecular flexibility index (Phi) is 7.32. The summed E-state index contributed by atoms with van der Waals surface area (Å²) in [6.07, 6.45) is 0.970. The SMILES string of the molecule is COc1ccc(CCC2=NC(=O)NC(c3ccc(F)cc3)C2C(=O)OCc2ccccc2)cc1. The molecule has 2 atom stereocenters. The fourth-order valence-electron chi connectivity index (χ4n) is 3.95. The first-order valence-corrected chi connectivity index (χ1v) is 11.0. The van der Waals surface area contributed by atoms with E-state index in [4.69, 9.17) is 9.47 Å². The van der Waals surface area contributed by atoms with E-state index < -0.39 is 29.8 Å². The fourth-order valence-corrected chi connectivity index (χ4v) is 3.95. The molecule has 1 N–H and O–H groups in total. The Labute approximate surface area is 197 Å². The number of nitrogens with one attached hydrogen (secondary N) is 1. The Balaban J connectivity index is 1.58. The minimum Gasteiger partial charge on any atom is -0.497 e. The summed E-state index contributed by atoms with van der Waals surface area (Å²) in [5, 5.41) is 2.76. The molecule has 2 amide bonds. The maximum Gasteiger partial charge on any atom is 0.341 e. The van der Waals surface area contributed by atoms with E-state index in [1.54, 1.807) is 19.2 Å². The van der Waals surface area contributed by atoms with Gasteiger partial charge in [-0.15, -0.1) is 0 Å². The van der Waals surface area contributed by atoms with Gasteiger partial charge in [-0.05, 0) is 53.8 Å². The lowest BCUT2D eigenvalue weighted by molar-refractivity contribution is -0.148. The molecule has 0 aromatic heterocycles. The first-order valence-electron chi connectivity index (χ1n) is 11.0. The van der Waals surface area contributed by atoms with Gasteiger partial charge in [0.1, 0.15) is 24.1 Å². The Morgan fingerprint density at radius 2 is 1.65 bits per heavy atom. The molecule has 3 aromatic rings. The van der Waals surface area contributed by atoms with Crippen LogP contribution in [0.15, 0.2) is 83.9 Å². The molecule has 0 bridgehead atoms. The second-order valence-corrected chi connectivity index (χ2v) is 8.00. The number of methoxy groups -OCH3 is 1. The van der Waals surface area contributed by atoms with Crippen LogP contribution in [0.1, 0.15) is 29.2 Å². The number of esters is 1. The van der Waals surface area contributed by atoms with Crippen LogP contribution in [0.4, 0.5) is 9.18 Å². The van der Waals surface area contributed by atoms with Gasteiger partial charge in [-0.3, -0.25) is 4.79 Å². The number of urea groups is 1. The lowest BCUT2D eigenvalue weighted by atomic mass is 9.85. The zero-order valence-corrected chi connectivity index (χ0v) is 18.7. The summed E-state index contributed by atoms with van der Waals surface area (Å²) in [5.74, 6) is -0.976. The molecule has 2 unspecified atom stereocenters. The van der Waals surface area contributed by atoms with Crippen LogP contribution in [0.25, 0.3) is 0 Å². The molecule has 6 nitrogen and oxygen atoms in total. The standard InChI is InChI=1S/C27H25FN2O4/c1-33-22-14-7-18(8-15-22)9-16-23-24(26(31)34-17-19-5-3-2-4-6-19)25(30-27(32)29-23)20-10-12-21(28)13-11-20/h2-8,10-15,24-25H,9,16-17H2,1H3,(H,30,32). The van der Waals surface area contributed by atoms with Crippen molar-refractivity contribution in [1.29, 1.82) is 0 Å². The molecule has 0 saturated carbocycles. The summed E-state index contributed by atoms with van der Waals surface area (Å²) >= 11 is 0. The van der Waals surface area contributed by atoms with Gasteiger partial charge in [-0.2, -0.15) is 0 Å². The highest BCUT2D eigenvalue weighted by Crippen LogP contribution is 2.30. The number of aliphatic imine (C=N–C) groups is 1. The molecule has 34 heavy (non-hydrogen) atoms. The van der Waals surface area contributed by atoms with Gasteiger partial charge in [0.2, 0.25) is 0 Å². The van der Waals surface area contributed by atoms with Gasteiger partial charge < -0.3 is 14.8 Å². The van der Waals surface area contributed by atoms with Crippen molar-refractivity contribution in [1.82, 2.24) is 5.32 Å². The van der Waals surface area contributed by atoms with E-state index in [1.165, 1.54) is 12.1 Å². The highest BCUT2D eigenvalue weighted by Gasteiger charge is 2.39. The molecule has 0 radical (unpaired) electrons. The van der Waals surface area contributed by atoms with Crippen molar-refractivity contribution in [3.05, 3.63) is 101 Å². The topological polar surface area (TPSA) is 77.0 Å². The van der Waals surface area contributed by atoms with Crippen LogP contribution >= 0.6 is 0 Å². The van der Waals surface area contributed by atoms with E-state index in [2.05, 4.69) is 10.3 Å². The molecule has 4 rings (SSSR count). The number of ether oxygens (including phenoxy) is 2. The number of aryl methyl sites for hydroxylation is 1.